The van der Waals surface area contributed by atoms with Crippen LogP contribution >= 0.6 is 23.2 Å². The molecule has 0 aliphatic carbocycles. The number of phenolic OH excluding ortho intramolecular Hbond substituents is 1. The highest BCUT2D eigenvalue weighted by molar-refractivity contribution is 6.36. The van der Waals surface area contributed by atoms with E-state index < -0.39 is 5.97 Å². The number of hydrazone groups is 1. The number of carbonyl (C=O) groups excluding carboxylic acids is 1. The molecule has 0 spiro atoms. The second-order valence-electron chi connectivity index (χ2n) is 4.49. The third-order valence-electron chi connectivity index (χ3n) is 2.86. The first-order valence-electron chi connectivity index (χ1n) is 6.63. The molecule has 0 radical (unpaired) electrons. The van der Waals surface area contributed by atoms with Crippen LogP contribution in [0.1, 0.15) is 28.5 Å². The SMILES string of the molecule is CCOC(=O)c1c(NN=Cc2cc(Cl)cc(Cl)c2O)n[nH]c1C. The minimum absolute atomic E-state index is 0.113. The Hall–Kier alpha value is -2.25. The predicted molar refractivity (Wildman–Crippen MR) is 88.6 cm³/mol. The van der Waals surface area contributed by atoms with Crippen molar-refractivity contribution in [3.63, 3.8) is 0 Å². The lowest BCUT2D eigenvalue weighted by Gasteiger charge is -2.04. The zero-order chi connectivity index (χ0) is 17.0. The molecule has 0 bridgehead atoms. The largest absolute Gasteiger partial charge is 0.506 e. The van der Waals surface area contributed by atoms with Gasteiger partial charge in [-0.1, -0.05) is 23.2 Å². The maximum atomic E-state index is 11.9. The average Bonchev–Trinajstić information content (AvgIpc) is 2.85. The highest BCUT2D eigenvalue weighted by Gasteiger charge is 2.19. The smallest absolute Gasteiger partial charge is 0.343 e. The number of ether oxygens (including phenoxy) is 1. The normalized spacial score (nSPS) is 11.0. The number of aromatic nitrogens is 2. The number of phenols is 1. The molecule has 1 heterocycles. The predicted octanol–water partition coefficient (Wildman–Crippen LogP) is 3.35. The van der Waals surface area contributed by atoms with Crippen molar-refractivity contribution < 1.29 is 14.6 Å². The number of carbonyl (C=O) groups is 1. The van der Waals surface area contributed by atoms with Crippen molar-refractivity contribution in [3.05, 3.63) is 39.0 Å². The number of aryl methyl sites for hydroxylation is 1. The number of rotatable bonds is 5. The lowest BCUT2D eigenvalue weighted by Crippen LogP contribution is -2.08. The summed E-state index contributed by atoms with van der Waals surface area (Å²) in [4.78, 5) is 11.9. The van der Waals surface area contributed by atoms with Crippen LogP contribution in [0.15, 0.2) is 17.2 Å². The summed E-state index contributed by atoms with van der Waals surface area (Å²) in [6, 6.07) is 2.91. The maximum absolute atomic E-state index is 11.9. The van der Waals surface area contributed by atoms with Gasteiger partial charge in [-0.3, -0.25) is 10.5 Å². The van der Waals surface area contributed by atoms with Gasteiger partial charge in [0.05, 0.1) is 17.8 Å². The lowest BCUT2D eigenvalue weighted by molar-refractivity contribution is 0.0526. The lowest BCUT2D eigenvalue weighted by atomic mass is 10.2. The number of hydrogen-bond donors (Lipinski definition) is 3. The number of nitrogens with one attached hydrogen (secondary N) is 2. The number of aromatic hydroxyl groups is 1. The molecule has 0 atom stereocenters. The van der Waals surface area contributed by atoms with Crippen LogP contribution in [-0.2, 0) is 4.74 Å². The van der Waals surface area contributed by atoms with Gasteiger partial charge in [0.1, 0.15) is 11.3 Å². The van der Waals surface area contributed by atoms with Gasteiger partial charge in [-0.2, -0.15) is 10.2 Å². The highest BCUT2D eigenvalue weighted by Crippen LogP contribution is 2.30. The van der Waals surface area contributed by atoms with Gasteiger partial charge < -0.3 is 9.84 Å². The fourth-order valence-electron chi connectivity index (χ4n) is 1.81. The summed E-state index contributed by atoms with van der Waals surface area (Å²) < 4.78 is 4.96. The van der Waals surface area contributed by atoms with Crippen LogP contribution in [0.4, 0.5) is 5.82 Å². The molecule has 0 unspecified atom stereocenters. The van der Waals surface area contributed by atoms with Crippen LogP contribution in [0.2, 0.25) is 10.0 Å². The van der Waals surface area contributed by atoms with Crippen molar-refractivity contribution in [2.24, 2.45) is 5.10 Å². The Morgan fingerprint density at radius 2 is 2.26 bits per heavy atom. The summed E-state index contributed by atoms with van der Waals surface area (Å²) in [6.45, 7) is 3.65. The van der Waals surface area contributed by atoms with Crippen molar-refractivity contribution in [1.29, 1.82) is 0 Å². The van der Waals surface area contributed by atoms with E-state index in [4.69, 9.17) is 27.9 Å². The van der Waals surface area contributed by atoms with E-state index in [1.165, 1.54) is 18.3 Å². The van der Waals surface area contributed by atoms with Crippen molar-refractivity contribution in [1.82, 2.24) is 10.2 Å². The van der Waals surface area contributed by atoms with Gasteiger partial charge in [0.2, 0.25) is 0 Å². The van der Waals surface area contributed by atoms with E-state index in [2.05, 4.69) is 20.7 Å². The minimum atomic E-state index is -0.509. The summed E-state index contributed by atoms with van der Waals surface area (Å²) in [7, 11) is 0. The molecule has 2 rings (SSSR count). The number of H-pyrrole nitrogens is 1. The van der Waals surface area contributed by atoms with Crippen LogP contribution in [0.5, 0.6) is 5.75 Å². The van der Waals surface area contributed by atoms with Gasteiger partial charge in [0.25, 0.3) is 0 Å². The Balaban J connectivity index is 2.20. The van der Waals surface area contributed by atoms with Crippen LogP contribution in [0.25, 0.3) is 0 Å². The van der Waals surface area contributed by atoms with E-state index in [9.17, 15) is 9.90 Å². The second-order valence-corrected chi connectivity index (χ2v) is 5.33. The van der Waals surface area contributed by atoms with Crippen LogP contribution < -0.4 is 5.43 Å². The Morgan fingerprint density at radius 3 is 2.96 bits per heavy atom. The van der Waals surface area contributed by atoms with Crippen molar-refractivity contribution >= 4 is 41.2 Å². The molecule has 122 valence electrons. The van der Waals surface area contributed by atoms with Crippen LogP contribution in [0, 0.1) is 6.92 Å². The number of esters is 1. The van der Waals surface area contributed by atoms with Crippen molar-refractivity contribution in [3.8, 4) is 5.75 Å². The molecule has 1 aromatic carbocycles. The first-order chi connectivity index (χ1) is 10.9. The van der Waals surface area contributed by atoms with Crippen LogP contribution in [-0.4, -0.2) is 34.1 Å². The molecule has 3 N–H and O–H groups in total. The Kier molecular flexibility index (Phi) is 5.46. The minimum Gasteiger partial charge on any atom is -0.506 e. The molecular weight excluding hydrogens is 343 g/mol. The zero-order valence-corrected chi connectivity index (χ0v) is 13.9. The first-order valence-corrected chi connectivity index (χ1v) is 7.38. The number of nitrogens with zero attached hydrogens (tertiary/aromatic N) is 2. The Bertz CT molecular complexity index is 759. The summed E-state index contributed by atoms with van der Waals surface area (Å²) in [6.07, 6.45) is 1.31. The van der Waals surface area contributed by atoms with Gasteiger partial charge in [0.15, 0.2) is 5.82 Å². The molecule has 0 amide bonds. The zero-order valence-electron chi connectivity index (χ0n) is 12.4. The first kappa shape index (κ1) is 17.1. The van der Waals surface area contributed by atoms with Gasteiger partial charge in [-0.25, -0.2) is 4.79 Å². The number of halogens is 2. The van der Waals surface area contributed by atoms with Crippen LogP contribution in [0.3, 0.4) is 0 Å². The number of hydrogen-bond acceptors (Lipinski definition) is 6. The van der Waals surface area contributed by atoms with E-state index in [1.54, 1.807) is 13.8 Å². The van der Waals surface area contributed by atoms with E-state index in [1.807, 2.05) is 0 Å². The molecule has 0 saturated carbocycles. The fourth-order valence-corrected chi connectivity index (χ4v) is 2.32. The number of aromatic amines is 1. The van der Waals surface area contributed by atoms with Gasteiger partial charge in [0, 0.05) is 16.3 Å². The van der Waals surface area contributed by atoms with Gasteiger partial charge in [-0.05, 0) is 26.0 Å². The summed E-state index contributed by atoms with van der Waals surface area (Å²) in [5.41, 5.74) is 3.75. The summed E-state index contributed by atoms with van der Waals surface area (Å²) in [5.74, 6) is -0.444. The standard InChI is InChI=1S/C14H14Cl2N4O3/c1-3-23-14(22)11-7(2)18-20-13(11)19-17-6-8-4-9(15)5-10(16)12(8)21/h4-6,21H,3H2,1-2H3,(H2,18,19,20). The molecule has 2 aromatic rings. The third kappa shape index (κ3) is 3.94. The highest BCUT2D eigenvalue weighted by atomic mass is 35.5. The molecule has 23 heavy (non-hydrogen) atoms. The topological polar surface area (TPSA) is 99.6 Å². The Morgan fingerprint density at radius 1 is 1.52 bits per heavy atom. The van der Waals surface area contributed by atoms with Crippen molar-refractivity contribution in [2.75, 3.05) is 12.0 Å². The molecule has 9 heteroatoms. The summed E-state index contributed by atoms with van der Waals surface area (Å²) in [5, 5.41) is 20.8. The average molecular weight is 357 g/mol. The molecule has 1 aromatic heterocycles. The third-order valence-corrected chi connectivity index (χ3v) is 3.36. The van der Waals surface area contributed by atoms with E-state index >= 15 is 0 Å². The second kappa shape index (κ2) is 7.34. The van der Waals surface area contributed by atoms with Crippen molar-refractivity contribution in [2.45, 2.75) is 13.8 Å². The Labute approximate surface area is 142 Å². The molecule has 0 saturated heterocycles. The van der Waals surface area contributed by atoms with E-state index in [0.29, 0.717) is 16.3 Å². The van der Waals surface area contributed by atoms with Gasteiger partial charge >= 0.3 is 5.97 Å². The molecular formula is C14H14Cl2N4O3. The monoisotopic (exact) mass is 356 g/mol. The quantitative estimate of drug-likeness (QED) is 0.433. The molecule has 0 fully saturated rings. The number of anilines is 1. The van der Waals surface area contributed by atoms with E-state index in [0.717, 1.165) is 0 Å². The molecule has 7 nitrogen and oxygen atoms in total. The molecule has 0 aliphatic heterocycles. The van der Waals surface area contributed by atoms with Gasteiger partial charge in [-0.15, -0.1) is 0 Å². The molecule has 0 aliphatic rings. The number of benzene rings is 1. The fraction of sp³-hybridized carbons (Fsp3) is 0.214. The summed E-state index contributed by atoms with van der Waals surface area (Å²) >= 11 is 11.7. The van der Waals surface area contributed by atoms with E-state index in [-0.39, 0.29) is 28.8 Å². The maximum Gasteiger partial charge on any atom is 0.343 e.